The molecule has 0 fully saturated rings. The number of ether oxygens (including phenoxy) is 1. The fraction of sp³-hybridized carbons (Fsp3) is 0.316. The van der Waals surface area contributed by atoms with E-state index in [0.717, 1.165) is 54.0 Å². The molecule has 5 nitrogen and oxygen atoms in total. The summed E-state index contributed by atoms with van der Waals surface area (Å²) in [6, 6.07) is 16.1. The van der Waals surface area contributed by atoms with E-state index in [1.807, 2.05) is 42.5 Å². The van der Waals surface area contributed by atoms with Crippen molar-refractivity contribution in [2.75, 3.05) is 7.11 Å². The molecule has 0 saturated heterocycles. The van der Waals surface area contributed by atoms with E-state index in [-0.39, 0.29) is 0 Å². The summed E-state index contributed by atoms with van der Waals surface area (Å²) in [6.07, 6.45) is 3.15. The zero-order chi connectivity index (χ0) is 17.6. The van der Waals surface area contributed by atoms with Gasteiger partial charge in [0.2, 0.25) is 0 Å². The maximum absolute atomic E-state index is 8.94. The van der Waals surface area contributed by atoms with Gasteiger partial charge in [0.15, 0.2) is 0 Å². The van der Waals surface area contributed by atoms with Gasteiger partial charge in [-0.05, 0) is 49.1 Å². The number of hydrogen-bond donors (Lipinski definition) is 2. The first-order chi connectivity index (χ1) is 12.2. The number of imidazole rings is 1. The van der Waals surface area contributed by atoms with Gasteiger partial charge in [0, 0.05) is 12.1 Å². The normalized spacial score (nSPS) is 11.0. The molecule has 0 saturated carbocycles. The number of benzene rings is 2. The summed E-state index contributed by atoms with van der Waals surface area (Å²) in [5.41, 5.74) is 3.16. The minimum Gasteiger partial charge on any atom is -0.497 e. The van der Waals surface area contributed by atoms with Crippen LogP contribution >= 0.6 is 0 Å². The molecule has 0 bridgehead atoms. The van der Waals surface area contributed by atoms with Gasteiger partial charge in [0.1, 0.15) is 11.6 Å². The van der Waals surface area contributed by atoms with Crippen molar-refractivity contribution in [1.29, 1.82) is 0 Å². The molecule has 1 heterocycles. The number of methoxy groups -OCH3 is 1. The van der Waals surface area contributed by atoms with Crippen molar-refractivity contribution in [3.05, 3.63) is 48.5 Å². The minimum absolute atomic E-state index is 0.427. The Morgan fingerprint density at radius 1 is 1.00 bits per heavy atom. The quantitative estimate of drug-likeness (QED) is 0.488. The molecule has 0 spiro atoms. The Morgan fingerprint density at radius 2 is 1.76 bits per heavy atom. The molecular formula is C19H23BN2O3. The van der Waals surface area contributed by atoms with E-state index in [9.17, 15) is 0 Å². The molecule has 0 aliphatic rings. The Labute approximate surface area is 148 Å². The van der Waals surface area contributed by atoms with Crippen LogP contribution in [0.25, 0.3) is 22.4 Å². The molecule has 0 unspecified atom stereocenters. The number of aryl methyl sites for hydroxylation is 1. The zero-order valence-electron chi connectivity index (χ0n) is 14.4. The average molecular weight is 338 g/mol. The predicted octanol–water partition coefficient (Wildman–Crippen LogP) is 3.36. The first-order valence-electron chi connectivity index (χ1n) is 8.65. The lowest BCUT2D eigenvalue weighted by Crippen LogP contribution is -2.09. The number of fused-ring (bicyclic) bond motifs is 1. The summed E-state index contributed by atoms with van der Waals surface area (Å²) in [5, 5.41) is 17.9. The minimum atomic E-state index is -1.20. The Balaban J connectivity index is 1.84. The third-order valence-electron chi connectivity index (χ3n) is 4.35. The van der Waals surface area contributed by atoms with Gasteiger partial charge in [-0.1, -0.05) is 25.0 Å². The van der Waals surface area contributed by atoms with Crippen LogP contribution in [-0.2, 0) is 6.54 Å². The fourth-order valence-electron chi connectivity index (χ4n) is 3.04. The molecule has 6 heteroatoms. The molecule has 0 amide bonds. The van der Waals surface area contributed by atoms with Gasteiger partial charge in [0.25, 0.3) is 0 Å². The SMILES string of the molecule is COc1ccc(-c2nc3ccccc3n2CCCCCB(O)O)cc1. The number of hydrogen-bond acceptors (Lipinski definition) is 4. The van der Waals surface area contributed by atoms with Crippen LogP contribution in [0.2, 0.25) is 6.32 Å². The second-order valence-electron chi connectivity index (χ2n) is 6.13. The molecule has 2 N–H and O–H groups in total. The van der Waals surface area contributed by atoms with Crippen LogP contribution in [0.3, 0.4) is 0 Å². The lowest BCUT2D eigenvalue weighted by molar-refractivity contribution is 0.401. The topological polar surface area (TPSA) is 67.5 Å². The van der Waals surface area contributed by atoms with Gasteiger partial charge in [0.05, 0.1) is 18.1 Å². The highest BCUT2D eigenvalue weighted by Gasteiger charge is 2.12. The van der Waals surface area contributed by atoms with Crippen LogP contribution in [0.5, 0.6) is 5.75 Å². The van der Waals surface area contributed by atoms with Crippen molar-refractivity contribution in [1.82, 2.24) is 9.55 Å². The standard InChI is InChI=1S/C19H23BN2O3/c1-25-16-11-9-15(10-12-16)19-21-17-7-3-4-8-18(17)22(19)14-6-2-5-13-20(23)24/h3-4,7-12,23-24H,2,5-6,13-14H2,1H3. The van der Waals surface area contributed by atoms with Gasteiger partial charge >= 0.3 is 7.12 Å². The Morgan fingerprint density at radius 3 is 2.48 bits per heavy atom. The molecule has 1 aromatic heterocycles. The largest absolute Gasteiger partial charge is 0.497 e. The molecule has 3 aromatic rings. The highest BCUT2D eigenvalue weighted by molar-refractivity contribution is 6.40. The maximum atomic E-state index is 8.94. The summed E-state index contributed by atoms with van der Waals surface area (Å²) in [4.78, 5) is 4.81. The predicted molar refractivity (Wildman–Crippen MR) is 101 cm³/mol. The number of aromatic nitrogens is 2. The first kappa shape index (κ1) is 17.5. The Hall–Kier alpha value is -2.31. The third kappa shape index (κ3) is 4.21. The summed E-state index contributed by atoms with van der Waals surface area (Å²) in [7, 11) is 0.456. The Bertz CT molecular complexity index is 815. The lowest BCUT2D eigenvalue weighted by atomic mass is 9.83. The van der Waals surface area contributed by atoms with Crippen molar-refractivity contribution < 1.29 is 14.8 Å². The molecule has 2 aromatic carbocycles. The second-order valence-corrected chi connectivity index (χ2v) is 6.13. The third-order valence-corrected chi connectivity index (χ3v) is 4.35. The van der Waals surface area contributed by atoms with E-state index in [1.54, 1.807) is 7.11 Å². The lowest BCUT2D eigenvalue weighted by Gasteiger charge is -2.10. The highest BCUT2D eigenvalue weighted by atomic mass is 16.5. The summed E-state index contributed by atoms with van der Waals surface area (Å²) < 4.78 is 7.48. The van der Waals surface area contributed by atoms with Crippen molar-refractivity contribution in [2.45, 2.75) is 32.1 Å². The van der Waals surface area contributed by atoms with Crippen LogP contribution < -0.4 is 4.74 Å². The fourth-order valence-corrected chi connectivity index (χ4v) is 3.04. The van der Waals surface area contributed by atoms with Crippen molar-refractivity contribution >= 4 is 18.2 Å². The molecule has 25 heavy (non-hydrogen) atoms. The summed E-state index contributed by atoms with van der Waals surface area (Å²) in [6.45, 7) is 0.851. The molecule has 0 aliphatic carbocycles. The van der Waals surface area contributed by atoms with Crippen LogP contribution in [0, 0.1) is 0 Å². The van der Waals surface area contributed by atoms with Gasteiger partial charge < -0.3 is 19.4 Å². The van der Waals surface area contributed by atoms with E-state index in [0.29, 0.717) is 6.32 Å². The van der Waals surface area contributed by atoms with Crippen LogP contribution in [0.4, 0.5) is 0 Å². The molecule has 130 valence electrons. The van der Waals surface area contributed by atoms with Gasteiger partial charge in [-0.2, -0.15) is 0 Å². The first-order valence-corrected chi connectivity index (χ1v) is 8.65. The molecule has 0 radical (unpaired) electrons. The van der Waals surface area contributed by atoms with Crippen LogP contribution in [0.15, 0.2) is 48.5 Å². The highest BCUT2D eigenvalue weighted by Crippen LogP contribution is 2.27. The van der Waals surface area contributed by atoms with Crippen molar-refractivity contribution in [2.24, 2.45) is 0 Å². The van der Waals surface area contributed by atoms with Crippen molar-refractivity contribution in [3.63, 3.8) is 0 Å². The van der Waals surface area contributed by atoms with Crippen molar-refractivity contribution in [3.8, 4) is 17.1 Å². The monoisotopic (exact) mass is 338 g/mol. The van der Waals surface area contributed by atoms with Gasteiger partial charge in [-0.3, -0.25) is 0 Å². The number of nitrogens with zero attached hydrogens (tertiary/aromatic N) is 2. The van der Waals surface area contributed by atoms with Crippen LogP contribution in [0.1, 0.15) is 19.3 Å². The number of para-hydroxylation sites is 2. The smallest absolute Gasteiger partial charge is 0.451 e. The molecule has 3 rings (SSSR count). The summed E-state index contributed by atoms with van der Waals surface area (Å²) in [5.74, 6) is 1.78. The van der Waals surface area contributed by atoms with Gasteiger partial charge in [-0.25, -0.2) is 4.98 Å². The summed E-state index contributed by atoms with van der Waals surface area (Å²) >= 11 is 0. The van der Waals surface area contributed by atoms with Crippen LogP contribution in [-0.4, -0.2) is 33.8 Å². The average Bonchev–Trinajstić information content (AvgIpc) is 3.00. The maximum Gasteiger partial charge on any atom is 0.451 e. The van der Waals surface area contributed by atoms with E-state index in [1.165, 1.54) is 0 Å². The number of unbranched alkanes of at least 4 members (excludes halogenated alkanes) is 2. The van der Waals surface area contributed by atoms with E-state index in [2.05, 4.69) is 10.6 Å². The number of rotatable bonds is 8. The van der Waals surface area contributed by atoms with E-state index in [4.69, 9.17) is 19.8 Å². The Kier molecular flexibility index (Phi) is 5.73. The molecular weight excluding hydrogens is 315 g/mol. The zero-order valence-corrected chi connectivity index (χ0v) is 14.4. The molecule has 0 aliphatic heterocycles. The van der Waals surface area contributed by atoms with E-state index < -0.39 is 7.12 Å². The molecule has 0 atom stereocenters. The van der Waals surface area contributed by atoms with Gasteiger partial charge in [-0.15, -0.1) is 0 Å². The second kappa shape index (κ2) is 8.18. The van der Waals surface area contributed by atoms with E-state index >= 15 is 0 Å².